The number of rotatable bonds is 4. The summed E-state index contributed by atoms with van der Waals surface area (Å²) in [4.78, 5) is 35.4. The molecule has 0 spiro atoms. The van der Waals surface area contributed by atoms with Crippen molar-refractivity contribution in [3.05, 3.63) is 0 Å². The van der Waals surface area contributed by atoms with Crippen molar-refractivity contribution in [2.75, 3.05) is 13.2 Å². The monoisotopic (exact) mass is 228 g/mol. The molecule has 1 fully saturated rings. The molecule has 1 saturated heterocycles. The fourth-order valence-corrected chi connectivity index (χ4v) is 1.47. The lowest BCUT2D eigenvalue weighted by Gasteiger charge is -2.18. The fourth-order valence-electron chi connectivity index (χ4n) is 1.47. The number of ether oxygens (including phenoxy) is 1. The molecule has 0 bridgehead atoms. The first-order chi connectivity index (χ1) is 7.44. The molecule has 0 radical (unpaired) electrons. The number of hydrogen-bond acceptors (Lipinski definition) is 4. The van der Waals surface area contributed by atoms with Crippen molar-refractivity contribution in [3.8, 4) is 0 Å². The molecule has 0 aromatic rings. The van der Waals surface area contributed by atoms with Gasteiger partial charge in [-0.15, -0.1) is 0 Å². The molecule has 0 saturated carbocycles. The predicted molar refractivity (Wildman–Crippen MR) is 55.6 cm³/mol. The lowest BCUT2D eigenvalue weighted by atomic mass is 9.99. The first-order valence-corrected chi connectivity index (χ1v) is 5.24. The van der Waals surface area contributed by atoms with E-state index in [2.05, 4.69) is 10.1 Å². The molecule has 1 N–H and O–H groups in total. The van der Waals surface area contributed by atoms with Gasteiger partial charge in [-0.25, -0.2) is 4.79 Å². The van der Waals surface area contributed by atoms with Crippen LogP contribution in [-0.2, 0) is 14.3 Å². The van der Waals surface area contributed by atoms with Gasteiger partial charge < -0.3 is 10.1 Å². The highest BCUT2D eigenvalue weighted by Gasteiger charge is 2.47. The number of esters is 1. The van der Waals surface area contributed by atoms with Crippen molar-refractivity contribution in [1.29, 1.82) is 0 Å². The number of amides is 3. The van der Waals surface area contributed by atoms with Crippen molar-refractivity contribution in [2.24, 2.45) is 0 Å². The molecule has 1 atom stereocenters. The van der Waals surface area contributed by atoms with Crippen LogP contribution in [0.5, 0.6) is 0 Å². The van der Waals surface area contributed by atoms with Crippen molar-refractivity contribution < 1.29 is 19.1 Å². The highest BCUT2D eigenvalue weighted by Crippen LogP contribution is 2.20. The summed E-state index contributed by atoms with van der Waals surface area (Å²) in [5.74, 6) is -0.959. The second-order valence-electron chi connectivity index (χ2n) is 3.81. The van der Waals surface area contributed by atoms with E-state index in [-0.39, 0.29) is 19.1 Å². The second kappa shape index (κ2) is 4.51. The fraction of sp³-hybridized carbons (Fsp3) is 0.700. The van der Waals surface area contributed by atoms with Gasteiger partial charge in [-0.05, 0) is 20.3 Å². The minimum absolute atomic E-state index is 0.230. The van der Waals surface area contributed by atoms with Gasteiger partial charge in [0, 0.05) is 0 Å². The van der Waals surface area contributed by atoms with Crippen LogP contribution in [0.2, 0.25) is 0 Å². The molecule has 6 heteroatoms. The molecule has 1 aliphatic rings. The van der Waals surface area contributed by atoms with E-state index in [1.807, 2.05) is 0 Å². The third-order valence-corrected chi connectivity index (χ3v) is 2.64. The summed E-state index contributed by atoms with van der Waals surface area (Å²) < 4.78 is 4.69. The maximum absolute atomic E-state index is 11.8. The summed E-state index contributed by atoms with van der Waals surface area (Å²) in [5.41, 5.74) is -0.899. The number of hydrogen-bond donors (Lipinski definition) is 1. The predicted octanol–water partition coefficient (Wildman–Crippen LogP) is 0.270. The largest absolute Gasteiger partial charge is 0.465 e. The third kappa shape index (κ3) is 2.15. The molecule has 1 rings (SSSR count). The smallest absolute Gasteiger partial charge is 0.326 e. The van der Waals surface area contributed by atoms with Crippen molar-refractivity contribution >= 4 is 17.9 Å². The van der Waals surface area contributed by atoms with Gasteiger partial charge in [-0.2, -0.15) is 0 Å². The standard InChI is InChI=1S/C10H16N2O4/c1-4-10(3)8(14)12(9(15)11-10)6-7(13)16-5-2/h4-6H2,1-3H3,(H,11,15). The van der Waals surface area contributed by atoms with E-state index in [0.717, 1.165) is 4.90 Å². The van der Waals surface area contributed by atoms with Gasteiger partial charge in [-0.3, -0.25) is 14.5 Å². The van der Waals surface area contributed by atoms with E-state index in [0.29, 0.717) is 6.42 Å². The Kier molecular flexibility index (Phi) is 3.51. The lowest BCUT2D eigenvalue weighted by Crippen LogP contribution is -2.43. The molecular formula is C10H16N2O4. The Bertz CT molecular complexity index is 329. The second-order valence-corrected chi connectivity index (χ2v) is 3.81. The minimum atomic E-state index is -0.899. The van der Waals surface area contributed by atoms with E-state index >= 15 is 0 Å². The Labute approximate surface area is 93.9 Å². The molecule has 90 valence electrons. The molecule has 0 aromatic carbocycles. The highest BCUT2D eigenvalue weighted by atomic mass is 16.5. The Morgan fingerprint density at radius 2 is 2.06 bits per heavy atom. The van der Waals surface area contributed by atoms with E-state index in [9.17, 15) is 14.4 Å². The summed E-state index contributed by atoms with van der Waals surface area (Å²) in [6.07, 6.45) is 0.483. The van der Waals surface area contributed by atoms with Crippen LogP contribution in [0.3, 0.4) is 0 Å². The Morgan fingerprint density at radius 1 is 1.44 bits per heavy atom. The quantitative estimate of drug-likeness (QED) is 0.553. The zero-order chi connectivity index (χ0) is 12.3. The SMILES string of the molecule is CCOC(=O)CN1C(=O)NC(C)(CC)C1=O. The van der Waals surface area contributed by atoms with Crippen LogP contribution in [0.1, 0.15) is 27.2 Å². The Balaban J connectivity index is 2.72. The third-order valence-electron chi connectivity index (χ3n) is 2.64. The van der Waals surface area contributed by atoms with Gasteiger partial charge in [-0.1, -0.05) is 6.92 Å². The zero-order valence-corrected chi connectivity index (χ0v) is 9.70. The van der Waals surface area contributed by atoms with Crippen LogP contribution in [0.25, 0.3) is 0 Å². The van der Waals surface area contributed by atoms with Gasteiger partial charge in [0.15, 0.2) is 0 Å². The van der Waals surface area contributed by atoms with Crippen LogP contribution >= 0.6 is 0 Å². The first-order valence-electron chi connectivity index (χ1n) is 5.24. The topological polar surface area (TPSA) is 75.7 Å². The van der Waals surface area contributed by atoms with Crippen molar-refractivity contribution in [1.82, 2.24) is 10.2 Å². The summed E-state index contributed by atoms with van der Waals surface area (Å²) >= 11 is 0. The van der Waals surface area contributed by atoms with Gasteiger partial charge in [0.2, 0.25) is 0 Å². The lowest BCUT2D eigenvalue weighted by molar-refractivity contribution is -0.147. The highest BCUT2D eigenvalue weighted by molar-refractivity contribution is 6.08. The maximum atomic E-state index is 11.8. The normalized spacial score (nSPS) is 24.6. The molecule has 0 aliphatic carbocycles. The number of nitrogens with zero attached hydrogens (tertiary/aromatic N) is 1. The van der Waals surface area contributed by atoms with E-state index in [4.69, 9.17) is 0 Å². The molecule has 0 aromatic heterocycles. The number of urea groups is 1. The number of nitrogens with one attached hydrogen (secondary N) is 1. The molecule has 16 heavy (non-hydrogen) atoms. The van der Waals surface area contributed by atoms with Crippen LogP contribution in [0.4, 0.5) is 4.79 Å². The summed E-state index contributed by atoms with van der Waals surface area (Å²) in [6.45, 7) is 5.01. The molecule has 1 aliphatic heterocycles. The van der Waals surface area contributed by atoms with Gasteiger partial charge in [0.05, 0.1) is 6.61 Å². The number of imide groups is 1. The van der Waals surface area contributed by atoms with Crippen LogP contribution < -0.4 is 5.32 Å². The molecule has 1 heterocycles. The average Bonchev–Trinajstić information content (AvgIpc) is 2.43. The van der Waals surface area contributed by atoms with E-state index < -0.39 is 17.5 Å². The van der Waals surface area contributed by atoms with Crippen LogP contribution in [-0.4, -0.2) is 41.5 Å². The summed E-state index contributed by atoms with van der Waals surface area (Å²) in [6, 6.07) is -0.539. The Morgan fingerprint density at radius 3 is 2.50 bits per heavy atom. The summed E-state index contributed by atoms with van der Waals surface area (Å²) in [5, 5.41) is 2.56. The summed E-state index contributed by atoms with van der Waals surface area (Å²) in [7, 11) is 0. The molecule has 1 unspecified atom stereocenters. The van der Waals surface area contributed by atoms with E-state index in [1.54, 1.807) is 20.8 Å². The average molecular weight is 228 g/mol. The van der Waals surface area contributed by atoms with Gasteiger partial charge in [0.25, 0.3) is 5.91 Å². The van der Waals surface area contributed by atoms with Crippen molar-refractivity contribution in [2.45, 2.75) is 32.7 Å². The molecule has 3 amide bonds. The number of carbonyl (C=O) groups excluding carboxylic acids is 3. The van der Waals surface area contributed by atoms with Crippen LogP contribution in [0, 0.1) is 0 Å². The molecule has 6 nitrogen and oxygen atoms in total. The van der Waals surface area contributed by atoms with Gasteiger partial charge in [0.1, 0.15) is 12.1 Å². The Hall–Kier alpha value is -1.59. The number of carbonyl (C=O) groups is 3. The van der Waals surface area contributed by atoms with Gasteiger partial charge >= 0.3 is 12.0 Å². The maximum Gasteiger partial charge on any atom is 0.326 e. The zero-order valence-electron chi connectivity index (χ0n) is 9.70. The van der Waals surface area contributed by atoms with E-state index in [1.165, 1.54) is 0 Å². The first kappa shape index (κ1) is 12.5. The minimum Gasteiger partial charge on any atom is -0.465 e. The van der Waals surface area contributed by atoms with Crippen LogP contribution in [0.15, 0.2) is 0 Å². The van der Waals surface area contributed by atoms with Crippen molar-refractivity contribution in [3.63, 3.8) is 0 Å². The molecular weight excluding hydrogens is 212 g/mol.